The highest BCUT2D eigenvalue weighted by Crippen LogP contribution is 2.53. The summed E-state index contributed by atoms with van der Waals surface area (Å²) in [4.78, 5) is 9.28. The van der Waals surface area contributed by atoms with E-state index < -0.39 is 11.1 Å². The van der Waals surface area contributed by atoms with Gasteiger partial charge >= 0.3 is 0 Å². The zero-order valence-electron chi connectivity index (χ0n) is 25.5. The van der Waals surface area contributed by atoms with Gasteiger partial charge in [-0.05, 0) is 45.9 Å². The monoisotopic (exact) mass is 556 g/mol. The number of fused-ring (bicyclic) bond motifs is 6. The Hall–Kier alpha value is -3.40. The number of guanidine groups is 1. The molecule has 192 valence electrons. The summed E-state index contributed by atoms with van der Waals surface area (Å²) in [5, 5.41) is 1.81. The van der Waals surface area contributed by atoms with Gasteiger partial charge in [0.05, 0.1) is 33.5 Å². The van der Waals surface area contributed by atoms with E-state index in [4.69, 9.17) is 83.5 Å². The Morgan fingerprint density at radius 3 is 1.58 bits per heavy atom. The van der Waals surface area contributed by atoms with E-state index in [2.05, 4.69) is 44.7 Å². The summed E-state index contributed by atoms with van der Waals surface area (Å²) < 4.78 is 1.97. The number of hydrogen-bond acceptors (Lipinski definition) is 3. The molecule has 0 fully saturated rings. The molecular weight excluding hydrogens is 536 g/mol. The maximum atomic E-state index is 6.64. The van der Waals surface area contributed by atoms with E-state index in [1.165, 1.54) is 0 Å². The zero-order valence-corrected chi connectivity index (χ0v) is 25.5. The minimum Gasteiger partial charge on any atom is -0.310 e. The van der Waals surface area contributed by atoms with Gasteiger partial charge in [0.25, 0.3) is 0 Å². The number of hydrogen-bond donors (Lipinski definition) is 0. The smallest absolute Gasteiger partial charge is 0.211 e. The Balaban J connectivity index is 1.65. The van der Waals surface area contributed by atoms with Gasteiger partial charge in [-0.1, -0.05) is 40.1 Å². The lowest BCUT2D eigenvalue weighted by Crippen LogP contribution is -2.57. The molecule has 0 N–H and O–H groups in total. The van der Waals surface area contributed by atoms with Crippen LogP contribution in [0.4, 0.5) is 17.1 Å². The van der Waals surface area contributed by atoms with Gasteiger partial charge in [0.1, 0.15) is 78.5 Å². The number of anilines is 3. The number of rotatable bonds is 2. The summed E-state index contributed by atoms with van der Waals surface area (Å²) in [6, 6.07) is 12.0. The quantitative estimate of drug-likeness (QED) is 0.206. The number of nitrogens with zero attached hydrogens (tertiary/aromatic N) is 4. The molecular formula is C31H18B10N4. The minimum absolute atomic E-state index is 0.134. The lowest BCUT2D eigenvalue weighted by molar-refractivity contribution is 0.338. The lowest BCUT2D eigenvalue weighted by Gasteiger charge is -2.39. The van der Waals surface area contributed by atoms with Crippen LogP contribution in [0.5, 0.6) is 0 Å². The van der Waals surface area contributed by atoms with Crippen LogP contribution < -0.4 is 64.4 Å². The molecule has 1 aromatic heterocycles. The first-order valence-electron chi connectivity index (χ1n) is 14.3. The fourth-order valence-electron chi connectivity index (χ4n) is 6.59. The highest BCUT2D eigenvalue weighted by atomic mass is 15.5. The standard InChI is InChI=1S/C31H18B10N4/c1-30(2)31(3,4)45-16-10-14-12(9-15(16)44(29(45)42-30)28-25(40)21(36)18(33)22(37)26(28)41)11-7-5-6-8-13(11)43(14)27-23(38)19(34)17(32)20(35)24(27)39/h5-10H,1-4H3. The average Bonchev–Trinajstić information content (AvgIpc) is 3.54. The Morgan fingerprint density at radius 1 is 0.533 bits per heavy atom. The molecule has 0 aliphatic carbocycles. The van der Waals surface area contributed by atoms with Gasteiger partial charge in [-0.3, -0.25) is 4.90 Å². The molecule has 14 heteroatoms. The first kappa shape index (κ1) is 30.3. The van der Waals surface area contributed by atoms with E-state index in [-0.39, 0.29) is 54.6 Å². The molecule has 3 heterocycles. The van der Waals surface area contributed by atoms with Crippen molar-refractivity contribution in [2.45, 2.75) is 38.8 Å². The molecule has 4 nitrogen and oxygen atoms in total. The number of benzene rings is 4. The van der Waals surface area contributed by atoms with Gasteiger partial charge in [0.2, 0.25) is 5.96 Å². The molecule has 4 aromatic carbocycles. The topological polar surface area (TPSA) is 23.8 Å². The van der Waals surface area contributed by atoms with Gasteiger partial charge in [-0.25, -0.2) is 4.99 Å². The Labute approximate surface area is 277 Å². The third-order valence-electron chi connectivity index (χ3n) is 9.88. The average molecular weight is 555 g/mol. The summed E-state index contributed by atoms with van der Waals surface area (Å²) in [6.45, 7) is 8.41. The molecule has 0 saturated carbocycles. The number of para-hydroxylation sites is 1. The van der Waals surface area contributed by atoms with E-state index >= 15 is 0 Å². The van der Waals surface area contributed by atoms with Gasteiger partial charge in [0.15, 0.2) is 0 Å². The third-order valence-corrected chi connectivity index (χ3v) is 9.88. The summed E-state index contributed by atoms with van der Waals surface area (Å²) in [7, 11) is 64.2. The molecule has 2 aliphatic rings. The van der Waals surface area contributed by atoms with Gasteiger partial charge < -0.3 is 9.47 Å². The first-order chi connectivity index (χ1) is 21.0. The maximum absolute atomic E-state index is 6.64. The molecule has 5 aromatic rings. The van der Waals surface area contributed by atoms with Crippen molar-refractivity contribution in [2.24, 2.45) is 4.99 Å². The van der Waals surface area contributed by atoms with E-state index in [1.54, 1.807) is 0 Å². The summed E-state index contributed by atoms with van der Waals surface area (Å²) >= 11 is 0. The summed E-state index contributed by atoms with van der Waals surface area (Å²) in [6.07, 6.45) is 0. The van der Waals surface area contributed by atoms with Crippen LogP contribution >= 0.6 is 0 Å². The third kappa shape index (κ3) is 3.72. The van der Waals surface area contributed by atoms with Gasteiger partial charge in [0, 0.05) is 22.1 Å². The van der Waals surface area contributed by atoms with Crippen LogP contribution in [0.15, 0.2) is 41.4 Å². The van der Waals surface area contributed by atoms with Crippen LogP contribution in [0.2, 0.25) is 0 Å². The second-order valence-corrected chi connectivity index (χ2v) is 12.7. The largest absolute Gasteiger partial charge is 0.310 e. The Kier molecular flexibility index (Phi) is 6.43. The number of aliphatic imine (C=N–C) groups is 1. The SMILES string of the molecule is [B]c1c([B])c([B])c(N2C3=NC(C)(C)C(C)(C)N3c3cc4c(cc32)c2ccccc2n4-c2c([B])c([B])c([B])c([B])c2[B])c([B])c1[B]. The van der Waals surface area contributed by atoms with E-state index in [9.17, 15) is 0 Å². The van der Waals surface area contributed by atoms with Crippen LogP contribution in [-0.2, 0) is 0 Å². The van der Waals surface area contributed by atoms with Crippen molar-refractivity contribution in [1.29, 1.82) is 0 Å². The van der Waals surface area contributed by atoms with Crippen LogP contribution in [0.1, 0.15) is 27.7 Å². The van der Waals surface area contributed by atoms with E-state index in [0.29, 0.717) is 17.3 Å². The second kappa shape index (κ2) is 9.56. The van der Waals surface area contributed by atoms with Gasteiger partial charge in [-0.15, -0.1) is 32.8 Å². The van der Waals surface area contributed by atoms with Crippen LogP contribution in [0, 0.1) is 0 Å². The molecule has 7 rings (SSSR count). The summed E-state index contributed by atoms with van der Waals surface area (Å²) in [5.41, 5.74) is 4.82. The predicted octanol–water partition coefficient (Wildman–Crippen LogP) is -4.39. The fourth-order valence-corrected chi connectivity index (χ4v) is 6.59. The summed E-state index contributed by atoms with van der Waals surface area (Å²) in [5.74, 6) is 0.616. The van der Waals surface area contributed by atoms with Crippen molar-refractivity contribution >= 4 is 178 Å². The molecule has 0 unspecified atom stereocenters. The number of aromatic nitrogens is 1. The van der Waals surface area contributed by atoms with Crippen molar-refractivity contribution in [3.8, 4) is 5.69 Å². The molecule has 20 radical (unpaired) electrons. The highest BCUT2D eigenvalue weighted by molar-refractivity contribution is 6.70. The minimum atomic E-state index is -0.525. The van der Waals surface area contributed by atoms with Crippen molar-refractivity contribution < 1.29 is 0 Å². The van der Waals surface area contributed by atoms with Crippen molar-refractivity contribution in [3.05, 3.63) is 36.4 Å². The van der Waals surface area contributed by atoms with Crippen LogP contribution in [0.25, 0.3) is 27.5 Å². The van der Waals surface area contributed by atoms with Crippen LogP contribution in [-0.4, -0.2) is 100 Å². The normalized spacial score (nSPS) is 16.4. The molecule has 0 atom stereocenters. The van der Waals surface area contributed by atoms with Crippen molar-refractivity contribution in [1.82, 2.24) is 4.57 Å². The molecule has 0 amide bonds. The Morgan fingerprint density at radius 2 is 1.02 bits per heavy atom. The zero-order chi connectivity index (χ0) is 32.7. The Bertz CT molecular complexity index is 2140. The molecule has 0 bridgehead atoms. The fraction of sp³-hybridized carbons (Fsp3) is 0.194. The molecule has 2 aliphatic heterocycles. The van der Waals surface area contributed by atoms with Gasteiger partial charge in [-0.2, -0.15) is 0 Å². The molecule has 0 saturated heterocycles. The van der Waals surface area contributed by atoms with Crippen molar-refractivity contribution in [2.75, 3.05) is 9.80 Å². The van der Waals surface area contributed by atoms with E-state index in [1.807, 2.05) is 33.7 Å². The predicted molar refractivity (Wildman–Crippen MR) is 201 cm³/mol. The van der Waals surface area contributed by atoms with Crippen molar-refractivity contribution in [3.63, 3.8) is 0 Å². The lowest BCUT2D eigenvalue weighted by atomic mass is 9.61. The van der Waals surface area contributed by atoms with E-state index in [0.717, 1.165) is 33.2 Å². The maximum Gasteiger partial charge on any atom is 0.211 e. The highest BCUT2D eigenvalue weighted by Gasteiger charge is 2.55. The molecule has 45 heavy (non-hydrogen) atoms. The van der Waals surface area contributed by atoms with Crippen LogP contribution in [0.3, 0.4) is 0 Å². The second-order valence-electron chi connectivity index (χ2n) is 12.7. The molecule has 0 spiro atoms. The first-order valence-corrected chi connectivity index (χ1v) is 14.3.